The van der Waals surface area contributed by atoms with Crippen molar-refractivity contribution in [2.24, 2.45) is 11.7 Å². The molecule has 15 heavy (non-hydrogen) atoms. The maximum atomic E-state index is 5.81. The Morgan fingerprint density at radius 1 is 1.27 bits per heavy atom. The van der Waals surface area contributed by atoms with Gasteiger partial charge >= 0.3 is 0 Å². The molecule has 1 aliphatic carbocycles. The maximum Gasteiger partial charge on any atom is 0.0642 e. The predicted molar refractivity (Wildman–Crippen MR) is 61.0 cm³/mol. The molecule has 1 fully saturated rings. The number of hydrogen-bond acceptors (Lipinski definition) is 3. The van der Waals surface area contributed by atoms with Gasteiger partial charge in [0.1, 0.15) is 0 Å². The Morgan fingerprint density at radius 2 is 2.00 bits per heavy atom. The largest absolute Gasteiger partial charge is 0.399 e. The van der Waals surface area contributed by atoms with E-state index in [4.69, 9.17) is 10.5 Å². The molecule has 0 aromatic rings. The quantitative estimate of drug-likeness (QED) is 0.701. The van der Waals surface area contributed by atoms with Gasteiger partial charge in [0.25, 0.3) is 0 Å². The lowest BCUT2D eigenvalue weighted by atomic mass is 10.1. The fourth-order valence-corrected chi connectivity index (χ4v) is 1.95. The zero-order chi connectivity index (χ0) is 10.7. The molecule has 0 aromatic heterocycles. The van der Waals surface area contributed by atoms with Crippen molar-refractivity contribution in [1.82, 2.24) is 4.90 Å². The molecule has 1 atom stereocenters. The van der Waals surface area contributed by atoms with Crippen LogP contribution in [-0.2, 0) is 4.74 Å². The van der Waals surface area contributed by atoms with Crippen molar-refractivity contribution in [2.75, 3.05) is 26.3 Å². The number of allylic oxidation sites excluding steroid dienone is 4. The normalized spacial score (nSPS) is 27.0. The Balaban J connectivity index is 2.11. The molecular weight excluding hydrogens is 188 g/mol. The molecule has 0 aromatic carbocycles. The minimum atomic E-state index is 0.401. The highest BCUT2D eigenvalue weighted by Crippen LogP contribution is 2.17. The van der Waals surface area contributed by atoms with Crippen LogP contribution in [0.2, 0.25) is 0 Å². The number of rotatable bonds is 1. The zero-order valence-corrected chi connectivity index (χ0v) is 9.15. The van der Waals surface area contributed by atoms with Crippen LogP contribution < -0.4 is 5.73 Å². The highest BCUT2D eigenvalue weighted by atomic mass is 16.5. The van der Waals surface area contributed by atoms with Gasteiger partial charge in [-0.25, -0.2) is 0 Å². The standard InChI is InChI=1S/C12H18N2O/c1-10-8-11(13)2-3-12(9-10)14-4-6-15-7-5-14/h2-3,8-10H,4-7,13H2,1H3. The van der Waals surface area contributed by atoms with Gasteiger partial charge in [-0.05, 0) is 18.1 Å². The van der Waals surface area contributed by atoms with Crippen molar-refractivity contribution in [3.8, 4) is 0 Å². The van der Waals surface area contributed by atoms with Crippen LogP contribution >= 0.6 is 0 Å². The van der Waals surface area contributed by atoms with Crippen LogP contribution in [0.25, 0.3) is 0 Å². The van der Waals surface area contributed by atoms with E-state index >= 15 is 0 Å². The molecule has 2 N–H and O–H groups in total. The molecule has 0 spiro atoms. The Hall–Kier alpha value is -1.22. The molecule has 0 amide bonds. The fourth-order valence-electron chi connectivity index (χ4n) is 1.95. The Labute approximate surface area is 90.9 Å². The van der Waals surface area contributed by atoms with Crippen molar-refractivity contribution in [2.45, 2.75) is 6.92 Å². The first-order valence-corrected chi connectivity index (χ1v) is 5.45. The summed E-state index contributed by atoms with van der Waals surface area (Å²) in [6.45, 7) is 5.75. The van der Waals surface area contributed by atoms with Crippen LogP contribution in [0.1, 0.15) is 6.92 Å². The zero-order valence-electron chi connectivity index (χ0n) is 9.15. The molecule has 82 valence electrons. The van der Waals surface area contributed by atoms with Crippen molar-refractivity contribution >= 4 is 0 Å². The van der Waals surface area contributed by atoms with Crippen LogP contribution in [0.5, 0.6) is 0 Å². The Kier molecular flexibility index (Phi) is 3.11. The molecule has 3 nitrogen and oxygen atoms in total. The van der Waals surface area contributed by atoms with E-state index in [9.17, 15) is 0 Å². The van der Waals surface area contributed by atoms with Crippen LogP contribution in [0.4, 0.5) is 0 Å². The number of nitrogens with zero attached hydrogens (tertiary/aromatic N) is 1. The predicted octanol–water partition coefficient (Wildman–Crippen LogP) is 1.25. The Bertz CT molecular complexity index is 312. The van der Waals surface area contributed by atoms with E-state index in [0.717, 1.165) is 32.0 Å². The highest BCUT2D eigenvalue weighted by Gasteiger charge is 2.13. The van der Waals surface area contributed by atoms with Gasteiger partial charge < -0.3 is 15.4 Å². The van der Waals surface area contributed by atoms with Crippen LogP contribution in [0, 0.1) is 5.92 Å². The van der Waals surface area contributed by atoms with E-state index < -0.39 is 0 Å². The summed E-state index contributed by atoms with van der Waals surface area (Å²) in [4.78, 5) is 2.35. The van der Waals surface area contributed by atoms with Crippen LogP contribution in [0.15, 0.2) is 35.7 Å². The van der Waals surface area contributed by atoms with E-state index in [1.165, 1.54) is 5.70 Å². The van der Waals surface area contributed by atoms with E-state index in [1.807, 2.05) is 6.08 Å². The van der Waals surface area contributed by atoms with Crippen molar-refractivity contribution in [3.05, 3.63) is 35.7 Å². The van der Waals surface area contributed by atoms with Gasteiger partial charge in [-0.3, -0.25) is 0 Å². The summed E-state index contributed by atoms with van der Waals surface area (Å²) < 4.78 is 5.34. The average Bonchev–Trinajstić information content (AvgIpc) is 2.41. The minimum Gasteiger partial charge on any atom is -0.399 e. The van der Waals surface area contributed by atoms with Gasteiger partial charge in [0, 0.05) is 24.5 Å². The topological polar surface area (TPSA) is 38.5 Å². The van der Waals surface area contributed by atoms with Gasteiger partial charge in [0.05, 0.1) is 13.2 Å². The first-order chi connectivity index (χ1) is 7.25. The third-order valence-corrected chi connectivity index (χ3v) is 2.71. The van der Waals surface area contributed by atoms with E-state index in [-0.39, 0.29) is 0 Å². The summed E-state index contributed by atoms with van der Waals surface area (Å²) in [6, 6.07) is 0. The molecule has 2 rings (SSSR count). The molecule has 1 aliphatic heterocycles. The average molecular weight is 206 g/mol. The molecule has 0 radical (unpaired) electrons. The van der Waals surface area contributed by atoms with Gasteiger partial charge in [0.2, 0.25) is 0 Å². The lowest BCUT2D eigenvalue weighted by Crippen LogP contribution is -2.35. The second kappa shape index (κ2) is 4.53. The fraction of sp³-hybridized carbons (Fsp3) is 0.500. The molecule has 1 saturated heterocycles. The van der Waals surface area contributed by atoms with E-state index in [2.05, 4.69) is 30.1 Å². The third-order valence-electron chi connectivity index (χ3n) is 2.71. The molecule has 1 unspecified atom stereocenters. The lowest BCUT2D eigenvalue weighted by molar-refractivity contribution is 0.0552. The molecular formula is C12H18N2O. The van der Waals surface area contributed by atoms with Gasteiger partial charge in [-0.1, -0.05) is 19.1 Å². The summed E-state index contributed by atoms with van der Waals surface area (Å²) in [5, 5.41) is 0. The minimum absolute atomic E-state index is 0.401. The third kappa shape index (κ3) is 2.63. The smallest absolute Gasteiger partial charge is 0.0642 e. The number of ether oxygens (including phenoxy) is 1. The first-order valence-electron chi connectivity index (χ1n) is 5.45. The number of hydrogen-bond donors (Lipinski definition) is 1. The maximum absolute atomic E-state index is 5.81. The van der Waals surface area contributed by atoms with Crippen LogP contribution in [0.3, 0.4) is 0 Å². The SMILES string of the molecule is CC1C=C(N)C=CC(N2CCOCC2)=C1. The molecule has 0 saturated carbocycles. The number of morpholine rings is 1. The molecule has 2 aliphatic rings. The van der Waals surface area contributed by atoms with E-state index in [1.54, 1.807) is 0 Å². The summed E-state index contributed by atoms with van der Waals surface area (Å²) in [5.41, 5.74) is 7.93. The highest BCUT2D eigenvalue weighted by molar-refractivity contribution is 5.31. The summed E-state index contributed by atoms with van der Waals surface area (Å²) in [7, 11) is 0. The molecule has 0 bridgehead atoms. The number of nitrogens with two attached hydrogens (primary N) is 1. The van der Waals surface area contributed by atoms with Gasteiger partial charge in [-0.2, -0.15) is 0 Å². The van der Waals surface area contributed by atoms with Gasteiger partial charge in [-0.15, -0.1) is 0 Å². The summed E-state index contributed by atoms with van der Waals surface area (Å²) in [5.74, 6) is 0.401. The molecule has 3 heteroatoms. The second-order valence-electron chi connectivity index (χ2n) is 4.05. The van der Waals surface area contributed by atoms with Gasteiger partial charge in [0.15, 0.2) is 0 Å². The summed E-state index contributed by atoms with van der Waals surface area (Å²) >= 11 is 0. The Morgan fingerprint density at radius 3 is 2.73 bits per heavy atom. The second-order valence-corrected chi connectivity index (χ2v) is 4.05. The first kappa shape index (κ1) is 10.3. The van der Waals surface area contributed by atoms with Crippen molar-refractivity contribution < 1.29 is 4.74 Å². The van der Waals surface area contributed by atoms with Crippen molar-refractivity contribution in [3.63, 3.8) is 0 Å². The van der Waals surface area contributed by atoms with Crippen LogP contribution in [-0.4, -0.2) is 31.2 Å². The monoisotopic (exact) mass is 206 g/mol. The lowest BCUT2D eigenvalue weighted by Gasteiger charge is -2.30. The van der Waals surface area contributed by atoms with Crippen molar-refractivity contribution in [1.29, 1.82) is 0 Å². The molecule has 1 heterocycles. The summed E-state index contributed by atoms with van der Waals surface area (Å²) in [6.07, 6.45) is 8.40. The van der Waals surface area contributed by atoms with E-state index in [0.29, 0.717) is 5.92 Å².